The maximum absolute atomic E-state index is 10.6. The Morgan fingerprint density at radius 1 is 1.35 bits per heavy atom. The number of benzene rings is 1. The van der Waals surface area contributed by atoms with E-state index in [0.717, 1.165) is 17.2 Å². The van der Waals surface area contributed by atoms with Crippen molar-refractivity contribution in [2.45, 2.75) is 13.5 Å². The van der Waals surface area contributed by atoms with E-state index in [9.17, 15) is 4.79 Å². The average Bonchev–Trinajstić information content (AvgIpc) is 2.45. The number of rotatable bonds is 5. The van der Waals surface area contributed by atoms with Crippen LogP contribution in [0.1, 0.15) is 16.8 Å². The van der Waals surface area contributed by atoms with E-state index in [-0.39, 0.29) is 0 Å². The van der Waals surface area contributed by atoms with Gasteiger partial charge in [0.1, 0.15) is 18.1 Å². The van der Waals surface area contributed by atoms with Crippen molar-refractivity contribution in [3.63, 3.8) is 0 Å². The molecule has 1 N–H and O–H groups in total. The first kappa shape index (κ1) is 13.8. The summed E-state index contributed by atoms with van der Waals surface area (Å²) in [7, 11) is 0. The lowest BCUT2D eigenvalue weighted by Crippen LogP contribution is -1.99. The van der Waals surface area contributed by atoms with E-state index in [0.29, 0.717) is 18.1 Å². The van der Waals surface area contributed by atoms with Gasteiger partial charge in [-0.3, -0.25) is 4.98 Å². The van der Waals surface area contributed by atoms with Gasteiger partial charge in [0.2, 0.25) is 0 Å². The van der Waals surface area contributed by atoms with Crippen molar-refractivity contribution in [1.82, 2.24) is 4.98 Å². The van der Waals surface area contributed by atoms with E-state index in [2.05, 4.69) is 4.98 Å². The minimum Gasteiger partial charge on any atom is -0.487 e. The van der Waals surface area contributed by atoms with E-state index in [1.807, 2.05) is 43.3 Å². The molecule has 102 valence electrons. The Morgan fingerprint density at radius 3 is 2.80 bits per heavy atom. The van der Waals surface area contributed by atoms with Gasteiger partial charge in [0.25, 0.3) is 0 Å². The molecule has 0 saturated heterocycles. The molecule has 1 heterocycles. The van der Waals surface area contributed by atoms with Crippen LogP contribution in [-0.2, 0) is 11.4 Å². The molecular formula is C16H15NO3. The van der Waals surface area contributed by atoms with Crippen LogP contribution in [-0.4, -0.2) is 16.1 Å². The molecule has 2 rings (SSSR count). The number of aryl methyl sites for hydroxylation is 1. The third kappa shape index (κ3) is 3.95. The van der Waals surface area contributed by atoms with Gasteiger partial charge in [0, 0.05) is 12.3 Å². The highest BCUT2D eigenvalue weighted by molar-refractivity contribution is 5.85. The Morgan fingerprint density at radius 2 is 2.10 bits per heavy atom. The summed E-state index contributed by atoms with van der Waals surface area (Å²) >= 11 is 0. The van der Waals surface area contributed by atoms with E-state index >= 15 is 0 Å². The molecule has 0 atom stereocenters. The minimum atomic E-state index is -1.01. The molecule has 0 bridgehead atoms. The molecule has 0 aliphatic carbocycles. The van der Waals surface area contributed by atoms with Crippen LogP contribution in [0.5, 0.6) is 5.75 Å². The number of ether oxygens (including phenoxy) is 1. The molecule has 20 heavy (non-hydrogen) atoms. The Labute approximate surface area is 117 Å². The van der Waals surface area contributed by atoms with E-state index in [4.69, 9.17) is 9.84 Å². The van der Waals surface area contributed by atoms with Crippen molar-refractivity contribution in [2.24, 2.45) is 0 Å². The molecule has 2 aromatic rings. The van der Waals surface area contributed by atoms with Gasteiger partial charge < -0.3 is 9.84 Å². The third-order valence-corrected chi connectivity index (χ3v) is 2.64. The predicted molar refractivity (Wildman–Crippen MR) is 76.4 cm³/mol. The van der Waals surface area contributed by atoms with Crippen molar-refractivity contribution < 1.29 is 14.6 Å². The van der Waals surface area contributed by atoms with Crippen molar-refractivity contribution in [2.75, 3.05) is 0 Å². The summed E-state index contributed by atoms with van der Waals surface area (Å²) < 4.78 is 5.73. The van der Waals surface area contributed by atoms with Crippen molar-refractivity contribution in [3.8, 4) is 5.75 Å². The third-order valence-electron chi connectivity index (χ3n) is 2.64. The molecule has 0 radical (unpaired) electrons. The zero-order valence-electron chi connectivity index (χ0n) is 11.1. The number of nitrogens with zero attached hydrogens (tertiary/aromatic N) is 1. The van der Waals surface area contributed by atoms with Crippen LogP contribution in [0, 0.1) is 6.92 Å². The largest absolute Gasteiger partial charge is 0.487 e. The maximum Gasteiger partial charge on any atom is 0.328 e. The number of carboxylic acid groups (broad SMARTS) is 1. The number of carboxylic acids is 1. The fourth-order valence-corrected chi connectivity index (χ4v) is 1.68. The van der Waals surface area contributed by atoms with E-state index in [1.54, 1.807) is 6.20 Å². The molecule has 1 aromatic heterocycles. The van der Waals surface area contributed by atoms with Gasteiger partial charge in [-0.25, -0.2) is 4.79 Å². The van der Waals surface area contributed by atoms with Gasteiger partial charge in [-0.1, -0.05) is 30.3 Å². The normalized spacial score (nSPS) is 10.7. The zero-order chi connectivity index (χ0) is 14.4. The number of aliphatic carboxylic acids is 1. The quantitative estimate of drug-likeness (QED) is 0.847. The van der Waals surface area contributed by atoms with E-state index < -0.39 is 5.97 Å². The maximum atomic E-state index is 10.6. The first-order valence-electron chi connectivity index (χ1n) is 6.19. The van der Waals surface area contributed by atoms with Crippen molar-refractivity contribution in [3.05, 3.63) is 65.5 Å². The summed E-state index contributed by atoms with van der Waals surface area (Å²) in [6, 6.07) is 11.6. The van der Waals surface area contributed by atoms with Crippen LogP contribution in [0.2, 0.25) is 0 Å². The Kier molecular flexibility index (Phi) is 4.50. The van der Waals surface area contributed by atoms with Crippen LogP contribution in [0.15, 0.2) is 48.7 Å². The minimum absolute atomic E-state index is 0.417. The van der Waals surface area contributed by atoms with E-state index in [1.165, 1.54) is 6.08 Å². The Hall–Kier alpha value is -2.62. The number of hydrogen-bond acceptors (Lipinski definition) is 3. The highest BCUT2D eigenvalue weighted by atomic mass is 16.5. The number of hydrogen-bond donors (Lipinski definition) is 1. The average molecular weight is 269 g/mol. The fraction of sp³-hybridized carbons (Fsp3) is 0.125. The summed E-state index contributed by atoms with van der Waals surface area (Å²) in [4.78, 5) is 14.8. The van der Waals surface area contributed by atoms with Crippen molar-refractivity contribution >= 4 is 12.0 Å². The summed E-state index contributed by atoms with van der Waals surface area (Å²) in [5, 5.41) is 8.67. The monoisotopic (exact) mass is 269 g/mol. The van der Waals surface area contributed by atoms with Gasteiger partial charge in [-0.05, 0) is 30.2 Å². The van der Waals surface area contributed by atoms with Crippen LogP contribution in [0.4, 0.5) is 0 Å². The van der Waals surface area contributed by atoms with Gasteiger partial charge in [-0.15, -0.1) is 0 Å². The highest BCUT2D eigenvalue weighted by Gasteiger charge is 2.04. The molecule has 0 spiro atoms. The number of aromatic nitrogens is 1. The summed E-state index contributed by atoms with van der Waals surface area (Å²) in [5.41, 5.74) is 2.51. The molecule has 0 unspecified atom stereocenters. The number of pyridine rings is 1. The second-order valence-electron chi connectivity index (χ2n) is 4.34. The second kappa shape index (κ2) is 6.52. The molecule has 4 nitrogen and oxygen atoms in total. The van der Waals surface area contributed by atoms with Gasteiger partial charge in [-0.2, -0.15) is 0 Å². The second-order valence-corrected chi connectivity index (χ2v) is 4.34. The molecule has 0 aliphatic heterocycles. The summed E-state index contributed by atoms with van der Waals surface area (Å²) in [6.07, 6.45) is 4.16. The van der Waals surface area contributed by atoms with Crippen LogP contribution in [0.25, 0.3) is 6.08 Å². The first-order chi connectivity index (χ1) is 9.65. The first-order valence-corrected chi connectivity index (χ1v) is 6.19. The SMILES string of the molecule is Cc1cnc(/C=C/C(=O)O)c(OCc2ccccc2)c1. The molecule has 0 fully saturated rings. The fourth-order valence-electron chi connectivity index (χ4n) is 1.68. The summed E-state index contributed by atoms with van der Waals surface area (Å²) in [6.45, 7) is 2.33. The smallest absolute Gasteiger partial charge is 0.328 e. The predicted octanol–water partition coefficient (Wildman–Crippen LogP) is 3.07. The molecular weight excluding hydrogens is 254 g/mol. The Bertz CT molecular complexity index is 621. The lowest BCUT2D eigenvalue weighted by atomic mass is 10.2. The molecule has 0 amide bonds. The van der Waals surface area contributed by atoms with Gasteiger partial charge >= 0.3 is 5.97 Å². The Balaban J connectivity index is 2.17. The molecule has 0 saturated carbocycles. The standard InChI is InChI=1S/C16H15NO3/c1-12-9-15(14(17-10-12)7-8-16(18)19)20-11-13-5-3-2-4-6-13/h2-10H,11H2,1H3,(H,18,19)/b8-7+. The highest BCUT2D eigenvalue weighted by Crippen LogP contribution is 2.20. The van der Waals surface area contributed by atoms with Crippen LogP contribution < -0.4 is 4.74 Å². The molecule has 0 aliphatic rings. The van der Waals surface area contributed by atoms with Crippen LogP contribution >= 0.6 is 0 Å². The lowest BCUT2D eigenvalue weighted by molar-refractivity contribution is -0.131. The topological polar surface area (TPSA) is 59.4 Å². The van der Waals surface area contributed by atoms with Crippen molar-refractivity contribution in [1.29, 1.82) is 0 Å². The van der Waals surface area contributed by atoms with Crippen LogP contribution in [0.3, 0.4) is 0 Å². The molecule has 4 heteroatoms. The number of carbonyl (C=O) groups is 1. The van der Waals surface area contributed by atoms with Gasteiger partial charge in [0.05, 0.1) is 0 Å². The zero-order valence-corrected chi connectivity index (χ0v) is 11.1. The van der Waals surface area contributed by atoms with Gasteiger partial charge in [0.15, 0.2) is 0 Å². The molecule has 1 aromatic carbocycles. The lowest BCUT2D eigenvalue weighted by Gasteiger charge is -2.09. The summed E-state index contributed by atoms with van der Waals surface area (Å²) in [5.74, 6) is -0.437.